The molecular formula is C13H20N2O. The van der Waals surface area contributed by atoms with Gasteiger partial charge in [0.25, 0.3) is 0 Å². The molecule has 0 amide bonds. The molecule has 1 aliphatic carbocycles. The summed E-state index contributed by atoms with van der Waals surface area (Å²) in [5.74, 6) is 0. The number of aliphatic hydroxyl groups excluding tert-OH is 1. The summed E-state index contributed by atoms with van der Waals surface area (Å²) in [7, 11) is 1.98. The van der Waals surface area contributed by atoms with E-state index < -0.39 is 0 Å². The average molecular weight is 220 g/mol. The van der Waals surface area contributed by atoms with Gasteiger partial charge in [-0.1, -0.05) is 18.1 Å². The maximum atomic E-state index is 9.71. The van der Waals surface area contributed by atoms with Crippen LogP contribution in [0.2, 0.25) is 0 Å². The molecule has 0 aromatic carbocycles. The van der Waals surface area contributed by atoms with Crippen LogP contribution in [-0.2, 0) is 13.5 Å². The maximum Gasteiger partial charge on any atom is 0.0723 e. The van der Waals surface area contributed by atoms with Crippen molar-refractivity contribution in [3.8, 4) is 0 Å². The SMILES string of the molecule is Cc1cc(CC2=CC(O)CCCC2)n(C)n1. The molecular weight excluding hydrogens is 200 g/mol. The summed E-state index contributed by atoms with van der Waals surface area (Å²) in [5.41, 5.74) is 3.65. The molecule has 0 fully saturated rings. The Morgan fingerprint density at radius 1 is 1.50 bits per heavy atom. The second-order valence-corrected chi connectivity index (χ2v) is 4.72. The summed E-state index contributed by atoms with van der Waals surface area (Å²) in [6, 6.07) is 2.12. The monoisotopic (exact) mass is 220 g/mol. The Labute approximate surface area is 96.8 Å². The van der Waals surface area contributed by atoms with E-state index in [1.54, 1.807) is 0 Å². The number of aliphatic hydroxyl groups is 1. The third-order valence-electron chi connectivity index (χ3n) is 3.18. The lowest BCUT2D eigenvalue weighted by atomic mass is 10.0. The molecule has 0 radical (unpaired) electrons. The highest BCUT2D eigenvalue weighted by Crippen LogP contribution is 2.21. The fourth-order valence-electron chi connectivity index (χ4n) is 2.35. The topological polar surface area (TPSA) is 38.0 Å². The van der Waals surface area contributed by atoms with Crippen LogP contribution in [0.25, 0.3) is 0 Å². The quantitative estimate of drug-likeness (QED) is 0.775. The molecule has 1 aliphatic rings. The van der Waals surface area contributed by atoms with Crippen molar-refractivity contribution in [3.63, 3.8) is 0 Å². The normalized spacial score (nSPS) is 21.7. The molecule has 0 saturated carbocycles. The summed E-state index contributed by atoms with van der Waals surface area (Å²) in [5, 5.41) is 14.1. The van der Waals surface area contributed by atoms with E-state index in [-0.39, 0.29) is 6.10 Å². The van der Waals surface area contributed by atoms with Gasteiger partial charge in [0.1, 0.15) is 0 Å². The Hall–Kier alpha value is -1.09. The molecule has 3 heteroatoms. The van der Waals surface area contributed by atoms with Crippen LogP contribution in [0.4, 0.5) is 0 Å². The molecule has 0 spiro atoms. The number of hydrogen-bond acceptors (Lipinski definition) is 2. The smallest absolute Gasteiger partial charge is 0.0723 e. The van der Waals surface area contributed by atoms with E-state index in [2.05, 4.69) is 11.2 Å². The first-order valence-corrected chi connectivity index (χ1v) is 6.02. The van der Waals surface area contributed by atoms with Crippen molar-refractivity contribution in [2.75, 3.05) is 0 Å². The van der Waals surface area contributed by atoms with E-state index in [0.29, 0.717) is 0 Å². The number of hydrogen-bond donors (Lipinski definition) is 1. The lowest BCUT2D eigenvalue weighted by Gasteiger charge is -2.06. The molecule has 88 valence electrons. The Bertz CT molecular complexity index is 393. The van der Waals surface area contributed by atoms with Gasteiger partial charge < -0.3 is 5.11 Å². The fourth-order valence-corrected chi connectivity index (χ4v) is 2.35. The van der Waals surface area contributed by atoms with Gasteiger partial charge in [-0.25, -0.2) is 0 Å². The minimum absolute atomic E-state index is 0.244. The van der Waals surface area contributed by atoms with Gasteiger partial charge in [-0.3, -0.25) is 4.68 Å². The minimum Gasteiger partial charge on any atom is -0.389 e. The summed E-state index contributed by atoms with van der Waals surface area (Å²) < 4.78 is 1.94. The van der Waals surface area contributed by atoms with Crippen molar-refractivity contribution in [3.05, 3.63) is 29.1 Å². The van der Waals surface area contributed by atoms with E-state index >= 15 is 0 Å². The van der Waals surface area contributed by atoms with Crippen molar-refractivity contribution in [1.82, 2.24) is 9.78 Å². The molecule has 16 heavy (non-hydrogen) atoms. The summed E-state index contributed by atoms with van der Waals surface area (Å²) >= 11 is 0. The largest absolute Gasteiger partial charge is 0.389 e. The van der Waals surface area contributed by atoms with Crippen LogP contribution in [-0.4, -0.2) is 21.0 Å². The summed E-state index contributed by atoms with van der Waals surface area (Å²) in [6.45, 7) is 2.01. The average Bonchev–Trinajstić information content (AvgIpc) is 2.42. The summed E-state index contributed by atoms with van der Waals surface area (Å²) in [4.78, 5) is 0. The Balaban J connectivity index is 2.11. The van der Waals surface area contributed by atoms with E-state index in [1.807, 2.05) is 24.7 Å². The van der Waals surface area contributed by atoms with Crippen molar-refractivity contribution in [1.29, 1.82) is 0 Å². The lowest BCUT2D eigenvalue weighted by Crippen LogP contribution is -2.03. The van der Waals surface area contributed by atoms with Crippen LogP contribution in [0.3, 0.4) is 0 Å². The fraction of sp³-hybridized carbons (Fsp3) is 0.615. The number of nitrogens with zero attached hydrogens (tertiary/aromatic N) is 2. The lowest BCUT2D eigenvalue weighted by molar-refractivity contribution is 0.211. The van der Waals surface area contributed by atoms with E-state index in [0.717, 1.165) is 31.4 Å². The van der Waals surface area contributed by atoms with Gasteiger partial charge in [0, 0.05) is 19.2 Å². The highest BCUT2D eigenvalue weighted by Gasteiger charge is 2.11. The first-order valence-electron chi connectivity index (χ1n) is 6.02. The van der Waals surface area contributed by atoms with Gasteiger partial charge in [0.2, 0.25) is 0 Å². The van der Waals surface area contributed by atoms with Crippen molar-refractivity contribution < 1.29 is 5.11 Å². The third kappa shape index (κ3) is 2.73. The highest BCUT2D eigenvalue weighted by atomic mass is 16.3. The zero-order valence-corrected chi connectivity index (χ0v) is 10.1. The van der Waals surface area contributed by atoms with E-state index in [9.17, 15) is 5.11 Å². The second-order valence-electron chi connectivity index (χ2n) is 4.72. The Morgan fingerprint density at radius 2 is 2.31 bits per heavy atom. The number of aromatic nitrogens is 2. The van der Waals surface area contributed by atoms with Crippen LogP contribution in [0.5, 0.6) is 0 Å². The van der Waals surface area contributed by atoms with Gasteiger partial charge in [-0.15, -0.1) is 0 Å². The van der Waals surface area contributed by atoms with Gasteiger partial charge >= 0.3 is 0 Å². The molecule has 1 N–H and O–H groups in total. The molecule has 3 nitrogen and oxygen atoms in total. The van der Waals surface area contributed by atoms with Crippen LogP contribution in [0.15, 0.2) is 17.7 Å². The number of rotatable bonds is 2. The van der Waals surface area contributed by atoms with Crippen molar-refractivity contribution >= 4 is 0 Å². The van der Waals surface area contributed by atoms with Crippen LogP contribution >= 0.6 is 0 Å². The van der Waals surface area contributed by atoms with Gasteiger partial charge in [-0.2, -0.15) is 5.10 Å². The molecule has 1 atom stereocenters. The molecule has 2 rings (SSSR count). The molecule has 1 heterocycles. The van der Waals surface area contributed by atoms with Crippen LogP contribution in [0, 0.1) is 6.92 Å². The molecule has 0 aliphatic heterocycles. The molecule has 1 aromatic heterocycles. The predicted molar refractivity (Wildman–Crippen MR) is 64.2 cm³/mol. The predicted octanol–water partition coefficient (Wildman–Crippen LogP) is 2.13. The Morgan fingerprint density at radius 3 is 3.00 bits per heavy atom. The number of aryl methyl sites for hydroxylation is 2. The first kappa shape index (κ1) is 11.4. The summed E-state index contributed by atoms with van der Waals surface area (Å²) in [6.07, 6.45) is 7.07. The van der Waals surface area contributed by atoms with E-state index in [1.165, 1.54) is 17.7 Å². The maximum absolute atomic E-state index is 9.71. The zero-order chi connectivity index (χ0) is 11.5. The first-order chi connectivity index (χ1) is 7.65. The van der Waals surface area contributed by atoms with Crippen molar-refractivity contribution in [2.24, 2.45) is 7.05 Å². The second kappa shape index (κ2) is 4.83. The molecule has 0 saturated heterocycles. The van der Waals surface area contributed by atoms with Crippen LogP contribution in [0.1, 0.15) is 37.1 Å². The molecule has 0 bridgehead atoms. The molecule has 1 aromatic rings. The van der Waals surface area contributed by atoms with Crippen molar-refractivity contribution in [2.45, 2.75) is 45.1 Å². The minimum atomic E-state index is -0.244. The zero-order valence-electron chi connectivity index (χ0n) is 10.1. The molecule has 1 unspecified atom stereocenters. The van der Waals surface area contributed by atoms with Crippen LogP contribution < -0.4 is 0 Å². The van der Waals surface area contributed by atoms with Gasteiger partial charge in [0.15, 0.2) is 0 Å². The van der Waals surface area contributed by atoms with E-state index in [4.69, 9.17) is 0 Å². The highest BCUT2D eigenvalue weighted by molar-refractivity contribution is 5.19. The standard InChI is InChI=1S/C13H20N2O/c1-10-7-12(15(2)14-10)8-11-5-3-4-6-13(16)9-11/h7,9,13,16H,3-6,8H2,1-2H3. The Kier molecular flexibility index (Phi) is 3.44. The number of allylic oxidation sites excluding steroid dienone is 1. The van der Waals surface area contributed by atoms with Gasteiger partial charge in [0.05, 0.1) is 11.8 Å². The third-order valence-corrected chi connectivity index (χ3v) is 3.18. The van der Waals surface area contributed by atoms with Gasteiger partial charge in [-0.05, 0) is 32.3 Å².